The summed E-state index contributed by atoms with van der Waals surface area (Å²) in [6.45, 7) is 1.52. The maximum atomic E-state index is 14.3. The molecule has 1 fully saturated rings. The van der Waals surface area contributed by atoms with Gasteiger partial charge in [-0.05, 0) is 24.7 Å². The molecular formula is C19H20F4N10. The molecule has 5 rings (SSSR count). The highest BCUT2D eigenvalue weighted by Crippen LogP contribution is 2.31. The Kier molecular flexibility index (Phi) is 5.03. The number of likely N-dealkylation sites (N-methyl/N-ethyl adjacent to an activating group) is 1. The van der Waals surface area contributed by atoms with Crippen LogP contribution in [0.25, 0.3) is 27.9 Å². The van der Waals surface area contributed by atoms with Gasteiger partial charge in [0, 0.05) is 18.3 Å². The number of hydrogen-bond donors (Lipinski definition) is 2. The molecule has 1 atom stereocenters. The first kappa shape index (κ1) is 21.3. The summed E-state index contributed by atoms with van der Waals surface area (Å²) in [5.41, 5.74) is 8.12. The van der Waals surface area contributed by atoms with Gasteiger partial charge in [0.1, 0.15) is 23.6 Å². The Balaban J connectivity index is 1.49. The molecule has 4 aromatic rings. The highest BCUT2D eigenvalue weighted by Gasteiger charge is 2.48. The fourth-order valence-electron chi connectivity index (χ4n) is 3.99. The zero-order valence-electron chi connectivity index (χ0n) is 17.5. The number of rotatable bonds is 6. The number of nitrogens with one attached hydrogen (secondary N) is 1. The highest BCUT2D eigenvalue weighted by atomic mass is 19.3. The molecule has 4 aromatic heterocycles. The third-order valence-corrected chi connectivity index (χ3v) is 5.62. The topological polar surface area (TPSA) is 115 Å². The van der Waals surface area contributed by atoms with Crippen LogP contribution in [0.5, 0.6) is 0 Å². The summed E-state index contributed by atoms with van der Waals surface area (Å²) in [6, 6.07) is 3.81. The lowest BCUT2D eigenvalue weighted by molar-refractivity contribution is 0.00429. The molecule has 0 spiro atoms. The first-order chi connectivity index (χ1) is 15.7. The summed E-state index contributed by atoms with van der Waals surface area (Å²) >= 11 is 0. The van der Waals surface area contributed by atoms with E-state index in [0.29, 0.717) is 28.8 Å². The third-order valence-electron chi connectivity index (χ3n) is 5.62. The Bertz CT molecular complexity index is 1320. The van der Waals surface area contributed by atoms with Crippen LogP contribution in [0.1, 0.15) is 6.92 Å². The van der Waals surface area contributed by atoms with Gasteiger partial charge in [0.05, 0.1) is 12.2 Å². The molecule has 0 aromatic carbocycles. The molecule has 10 nitrogen and oxygen atoms in total. The number of nitrogens with two attached hydrogens (primary N) is 1. The summed E-state index contributed by atoms with van der Waals surface area (Å²) in [5.74, 6) is -2.89. The van der Waals surface area contributed by atoms with E-state index >= 15 is 0 Å². The molecule has 1 aliphatic rings. The van der Waals surface area contributed by atoms with Crippen molar-refractivity contribution >= 4 is 28.4 Å². The van der Waals surface area contributed by atoms with Crippen LogP contribution in [0, 0.1) is 0 Å². The van der Waals surface area contributed by atoms with Crippen molar-refractivity contribution in [1.82, 2.24) is 39.5 Å². The molecule has 0 amide bonds. The summed E-state index contributed by atoms with van der Waals surface area (Å²) in [5, 5.41) is 14.5. The molecule has 3 N–H and O–H groups in total. The molecule has 14 heteroatoms. The van der Waals surface area contributed by atoms with Gasteiger partial charge >= 0.3 is 0 Å². The second kappa shape index (κ2) is 7.79. The molecule has 0 bridgehead atoms. The van der Waals surface area contributed by atoms with Crippen LogP contribution in [-0.4, -0.2) is 77.5 Å². The number of nitrogen functional groups attached to an aromatic ring is 1. The summed E-state index contributed by atoms with van der Waals surface area (Å²) in [7, 11) is 0. The Morgan fingerprint density at radius 2 is 2.06 bits per heavy atom. The zero-order chi connectivity index (χ0) is 23.3. The Morgan fingerprint density at radius 1 is 1.24 bits per heavy atom. The molecule has 1 saturated heterocycles. The van der Waals surface area contributed by atoms with Crippen molar-refractivity contribution in [2.24, 2.45) is 0 Å². The predicted octanol–water partition coefficient (Wildman–Crippen LogP) is 2.13. The van der Waals surface area contributed by atoms with E-state index in [9.17, 15) is 17.6 Å². The Hall–Kier alpha value is -3.55. The van der Waals surface area contributed by atoms with Crippen molar-refractivity contribution in [2.45, 2.75) is 31.9 Å². The van der Waals surface area contributed by atoms with Crippen LogP contribution in [0.15, 0.2) is 24.4 Å². The Labute approximate surface area is 184 Å². The minimum absolute atomic E-state index is 0.0209. The highest BCUT2D eigenvalue weighted by molar-refractivity contribution is 5.88. The van der Waals surface area contributed by atoms with Gasteiger partial charge in [-0.25, -0.2) is 31.7 Å². The van der Waals surface area contributed by atoms with Crippen molar-refractivity contribution < 1.29 is 17.6 Å². The fourth-order valence-corrected chi connectivity index (χ4v) is 3.99. The number of alkyl halides is 4. The summed E-state index contributed by atoms with van der Waals surface area (Å²) < 4.78 is 56.7. The van der Waals surface area contributed by atoms with Gasteiger partial charge in [0.25, 0.3) is 12.3 Å². The average Bonchev–Trinajstić information content (AvgIpc) is 3.43. The second-order valence-electron chi connectivity index (χ2n) is 7.83. The standard InChI is InChI=1S/C19H20F4N10/c1-2-31-7-13(19(22,23)9-31)26-18-27-16(24)15-10(5-6-32(15)29-18)11-3-4-12-17(25-11)33(30-28-12)8-14(20)21/h3-6,13-14H,2,7-9H2,1H3,(H3,24,26,27,29)/t13-/m1/s1. The molecule has 33 heavy (non-hydrogen) atoms. The van der Waals surface area contributed by atoms with Gasteiger partial charge in [0.15, 0.2) is 11.5 Å². The number of likely N-dealkylation sites (tertiary alicyclic amines) is 1. The quantitative estimate of drug-likeness (QED) is 0.417. The van der Waals surface area contributed by atoms with Crippen LogP contribution < -0.4 is 11.1 Å². The van der Waals surface area contributed by atoms with Gasteiger partial charge in [0.2, 0.25) is 5.95 Å². The van der Waals surface area contributed by atoms with Crippen LogP contribution in [0.3, 0.4) is 0 Å². The van der Waals surface area contributed by atoms with Gasteiger partial charge in [-0.1, -0.05) is 12.1 Å². The molecule has 0 aliphatic carbocycles. The van der Waals surface area contributed by atoms with E-state index in [0.717, 1.165) is 4.68 Å². The van der Waals surface area contributed by atoms with Crippen molar-refractivity contribution in [2.75, 3.05) is 30.7 Å². The zero-order valence-corrected chi connectivity index (χ0v) is 17.5. The van der Waals surface area contributed by atoms with E-state index in [1.165, 1.54) is 4.52 Å². The molecule has 0 radical (unpaired) electrons. The molecule has 0 unspecified atom stereocenters. The number of anilines is 2. The normalized spacial score (nSPS) is 18.7. The van der Waals surface area contributed by atoms with Crippen molar-refractivity contribution in [1.29, 1.82) is 0 Å². The maximum absolute atomic E-state index is 14.3. The average molecular weight is 464 g/mol. The van der Waals surface area contributed by atoms with E-state index in [-0.39, 0.29) is 30.5 Å². The number of nitrogens with zero attached hydrogens (tertiary/aromatic N) is 8. The van der Waals surface area contributed by atoms with E-state index in [1.54, 1.807) is 29.3 Å². The van der Waals surface area contributed by atoms with Crippen molar-refractivity contribution in [3.8, 4) is 11.3 Å². The predicted molar refractivity (Wildman–Crippen MR) is 112 cm³/mol. The molecular weight excluding hydrogens is 444 g/mol. The van der Waals surface area contributed by atoms with Gasteiger partial charge in [-0.15, -0.1) is 10.2 Å². The first-order valence-corrected chi connectivity index (χ1v) is 10.3. The molecule has 5 heterocycles. The van der Waals surface area contributed by atoms with Gasteiger partial charge in [-0.3, -0.25) is 4.90 Å². The Morgan fingerprint density at radius 3 is 2.79 bits per heavy atom. The molecule has 1 aliphatic heterocycles. The lowest BCUT2D eigenvalue weighted by Crippen LogP contribution is -2.38. The monoisotopic (exact) mass is 464 g/mol. The third kappa shape index (κ3) is 3.79. The minimum atomic E-state index is -2.93. The number of aromatic nitrogens is 7. The van der Waals surface area contributed by atoms with E-state index < -0.39 is 24.9 Å². The van der Waals surface area contributed by atoms with Crippen LogP contribution in [0.2, 0.25) is 0 Å². The smallest absolute Gasteiger partial charge is 0.281 e. The van der Waals surface area contributed by atoms with Crippen molar-refractivity contribution in [3.05, 3.63) is 24.4 Å². The lowest BCUT2D eigenvalue weighted by atomic mass is 10.2. The summed E-state index contributed by atoms with van der Waals surface area (Å²) in [4.78, 5) is 10.2. The van der Waals surface area contributed by atoms with E-state index in [4.69, 9.17) is 5.73 Å². The van der Waals surface area contributed by atoms with E-state index in [2.05, 4.69) is 30.7 Å². The molecule has 174 valence electrons. The van der Waals surface area contributed by atoms with Crippen molar-refractivity contribution in [3.63, 3.8) is 0 Å². The number of fused-ring (bicyclic) bond motifs is 2. The first-order valence-electron chi connectivity index (χ1n) is 10.3. The van der Waals surface area contributed by atoms with Gasteiger partial charge < -0.3 is 11.1 Å². The number of halogens is 4. The number of hydrogen-bond acceptors (Lipinski definition) is 8. The molecule has 0 saturated carbocycles. The fraction of sp³-hybridized carbons (Fsp3) is 0.421. The van der Waals surface area contributed by atoms with Crippen LogP contribution >= 0.6 is 0 Å². The number of pyridine rings is 1. The lowest BCUT2D eigenvalue weighted by Gasteiger charge is -2.19. The van der Waals surface area contributed by atoms with Crippen LogP contribution in [0.4, 0.5) is 29.3 Å². The van der Waals surface area contributed by atoms with Crippen LogP contribution in [-0.2, 0) is 6.54 Å². The van der Waals surface area contributed by atoms with E-state index in [1.807, 2.05) is 6.92 Å². The minimum Gasteiger partial charge on any atom is -0.382 e. The maximum Gasteiger partial charge on any atom is 0.281 e. The largest absolute Gasteiger partial charge is 0.382 e. The SMILES string of the molecule is CCN1C[C@@H](Nc2nc(N)c3c(-c4ccc5nnn(CC(F)F)c5n4)ccn3n2)C(F)(F)C1. The summed E-state index contributed by atoms with van der Waals surface area (Å²) in [6.07, 6.45) is -1.01. The van der Waals surface area contributed by atoms with Gasteiger partial charge in [-0.2, -0.15) is 4.98 Å². The second-order valence-corrected chi connectivity index (χ2v) is 7.83.